The second-order valence-electron chi connectivity index (χ2n) is 4.83. The molecule has 0 bridgehead atoms. The molecule has 0 aromatic heterocycles. The molecule has 0 radical (unpaired) electrons. The van der Waals surface area contributed by atoms with Crippen LogP contribution in [0.5, 0.6) is 0 Å². The summed E-state index contributed by atoms with van der Waals surface area (Å²) in [6.07, 6.45) is 8.79. The normalized spacial score (nSPS) is 19.6. The van der Waals surface area contributed by atoms with Gasteiger partial charge in [0.05, 0.1) is 0 Å². The fraction of sp³-hybridized carbons (Fsp3) is 1.00. The fourth-order valence-corrected chi connectivity index (χ4v) is 2.69. The van der Waals surface area contributed by atoms with Gasteiger partial charge in [-0.05, 0) is 25.9 Å². The lowest BCUT2D eigenvalue weighted by molar-refractivity contribution is 0.194. The second-order valence-corrected chi connectivity index (χ2v) is 4.83. The summed E-state index contributed by atoms with van der Waals surface area (Å²) >= 11 is 0. The molecule has 1 rings (SSSR count). The molecule has 1 aliphatic rings. The third kappa shape index (κ3) is 6.19. The van der Waals surface area contributed by atoms with Crippen molar-refractivity contribution >= 4 is 0 Å². The quantitative estimate of drug-likeness (QED) is 0.677. The predicted molar refractivity (Wildman–Crippen MR) is 70.3 cm³/mol. The van der Waals surface area contributed by atoms with E-state index in [9.17, 15) is 0 Å². The molecule has 15 heavy (non-hydrogen) atoms. The SMILES string of the molecule is CC.CC[C@H](CN(C)C)C1CCCCC1. The van der Waals surface area contributed by atoms with Crippen molar-refractivity contribution in [2.45, 2.75) is 59.3 Å². The molecule has 92 valence electrons. The smallest absolute Gasteiger partial charge is 0.000610 e. The minimum Gasteiger partial charge on any atom is -0.309 e. The maximum absolute atomic E-state index is 2.35. The number of hydrogen-bond acceptors (Lipinski definition) is 1. The largest absolute Gasteiger partial charge is 0.309 e. The first-order valence-corrected chi connectivity index (χ1v) is 6.88. The average Bonchev–Trinajstić information content (AvgIpc) is 2.29. The van der Waals surface area contributed by atoms with Gasteiger partial charge >= 0.3 is 0 Å². The van der Waals surface area contributed by atoms with Crippen molar-refractivity contribution in [3.63, 3.8) is 0 Å². The van der Waals surface area contributed by atoms with Crippen LogP contribution in [0.25, 0.3) is 0 Å². The Hall–Kier alpha value is -0.0400. The first-order valence-electron chi connectivity index (χ1n) is 6.88. The summed E-state index contributed by atoms with van der Waals surface area (Å²) in [6.45, 7) is 7.64. The van der Waals surface area contributed by atoms with Crippen LogP contribution in [0.1, 0.15) is 59.3 Å². The molecule has 1 atom stereocenters. The van der Waals surface area contributed by atoms with E-state index in [1.54, 1.807) is 0 Å². The number of nitrogens with zero attached hydrogens (tertiary/aromatic N) is 1. The molecule has 0 aromatic rings. The van der Waals surface area contributed by atoms with Gasteiger partial charge in [-0.2, -0.15) is 0 Å². The molecule has 0 spiro atoms. The van der Waals surface area contributed by atoms with E-state index in [0.29, 0.717) is 0 Å². The van der Waals surface area contributed by atoms with Crippen molar-refractivity contribution in [2.75, 3.05) is 20.6 Å². The summed E-state index contributed by atoms with van der Waals surface area (Å²) in [5, 5.41) is 0. The Morgan fingerprint density at radius 1 is 1.07 bits per heavy atom. The summed E-state index contributed by atoms with van der Waals surface area (Å²) in [5.41, 5.74) is 0. The van der Waals surface area contributed by atoms with Crippen LogP contribution in [0.15, 0.2) is 0 Å². The van der Waals surface area contributed by atoms with Gasteiger partial charge in [-0.15, -0.1) is 0 Å². The molecular formula is C14H31N. The molecular weight excluding hydrogens is 182 g/mol. The maximum atomic E-state index is 2.35. The van der Waals surface area contributed by atoms with Gasteiger partial charge < -0.3 is 4.90 Å². The monoisotopic (exact) mass is 213 g/mol. The highest BCUT2D eigenvalue weighted by Crippen LogP contribution is 2.31. The van der Waals surface area contributed by atoms with Crippen LogP contribution < -0.4 is 0 Å². The molecule has 1 aliphatic carbocycles. The summed E-state index contributed by atoms with van der Waals surface area (Å²) in [7, 11) is 4.40. The van der Waals surface area contributed by atoms with Crippen molar-refractivity contribution in [1.29, 1.82) is 0 Å². The van der Waals surface area contributed by atoms with Crippen LogP contribution in [-0.4, -0.2) is 25.5 Å². The van der Waals surface area contributed by atoms with Crippen LogP contribution in [0, 0.1) is 11.8 Å². The van der Waals surface area contributed by atoms with Crippen molar-refractivity contribution in [3.05, 3.63) is 0 Å². The zero-order chi connectivity index (χ0) is 11.7. The third-order valence-electron chi connectivity index (χ3n) is 3.44. The first-order chi connectivity index (χ1) is 7.24. The Morgan fingerprint density at radius 2 is 1.60 bits per heavy atom. The van der Waals surface area contributed by atoms with Crippen molar-refractivity contribution in [2.24, 2.45) is 11.8 Å². The van der Waals surface area contributed by atoms with Crippen LogP contribution in [-0.2, 0) is 0 Å². The second kappa shape index (κ2) is 9.21. The van der Waals surface area contributed by atoms with E-state index in [4.69, 9.17) is 0 Å². The minimum absolute atomic E-state index is 0.954. The van der Waals surface area contributed by atoms with E-state index >= 15 is 0 Å². The Morgan fingerprint density at radius 3 is 2.00 bits per heavy atom. The molecule has 0 saturated heterocycles. The highest BCUT2D eigenvalue weighted by Gasteiger charge is 2.22. The summed E-state index contributed by atoms with van der Waals surface area (Å²) < 4.78 is 0. The van der Waals surface area contributed by atoms with E-state index in [2.05, 4.69) is 25.9 Å². The lowest BCUT2D eigenvalue weighted by Gasteiger charge is -2.31. The molecule has 0 amide bonds. The summed E-state index contributed by atoms with van der Waals surface area (Å²) in [5.74, 6) is 1.98. The summed E-state index contributed by atoms with van der Waals surface area (Å²) in [6, 6.07) is 0. The highest BCUT2D eigenvalue weighted by molar-refractivity contribution is 4.74. The van der Waals surface area contributed by atoms with Gasteiger partial charge in [-0.25, -0.2) is 0 Å². The Kier molecular flexibility index (Phi) is 9.18. The topological polar surface area (TPSA) is 3.24 Å². The van der Waals surface area contributed by atoms with Gasteiger partial charge in [0, 0.05) is 6.54 Å². The Balaban J connectivity index is 0.000000921. The van der Waals surface area contributed by atoms with E-state index in [1.807, 2.05) is 13.8 Å². The lowest BCUT2D eigenvalue weighted by atomic mass is 9.78. The number of rotatable bonds is 4. The van der Waals surface area contributed by atoms with Gasteiger partial charge in [0.2, 0.25) is 0 Å². The van der Waals surface area contributed by atoms with Crippen molar-refractivity contribution in [1.82, 2.24) is 4.90 Å². The Bertz CT molecular complexity index is 125. The molecule has 1 heteroatoms. The molecule has 0 aromatic carbocycles. The summed E-state index contributed by atoms with van der Waals surface area (Å²) in [4.78, 5) is 2.35. The first kappa shape index (κ1) is 15.0. The van der Waals surface area contributed by atoms with E-state index in [1.165, 1.54) is 45.1 Å². The molecule has 1 nitrogen and oxygen atoms in total. The molecule has 0 unspecified atom stereocenters. The van der Waals surface area contributed by atoms with E-state index < -0.39 is 0 Å². The van der Waals surface area contributed by atoms with Crippen molar-refractivity contribution < 1.29 is 0 Å². The van der Waals surface area contributed by atoms with Gasteiger partial charge in [0.15, 0.2) is 0 Å². The minimum atomic E-state index is 0.954. The fourth-order valence-electron chi connectivity index (χ4n) is 2.69. The molecule has 0 aliphatic heterocycles. The predicted octanol–water partition coefficient (Wildman–Crippen LogP) is 4.18. The van der Waals surface area contributed by atoms with E-state index in [-0.39, 0.29) is 0 Å². The van der Waals surface area contributed by atoms with Gasteiger partial charge in [0.1, 0.15) is 0 Å². The van der Waals surface area contributed by atoms with Crippen LogP contribution in [0.2, 0.25) is 0 Å². The average molecular weight is 213 g/mol. The van der Waals surface area contributed by atoms with Crippen LogP contribution >= 0.6 is 0 Å². The van der Waals surface area contributed by atoms with Crippen molar-refractivity contribution in [3.8, 4) is 0 Å². The highest BCUT2D eigenvalue weighted by atomic mass is 15.1. The van der Waals surface area contributed by atoms with Gasteiger partial charge in [-0.1, -0.05) is 59.3 Å². The Labute approximate surface area is 97.2 Å². The zero-order valence-corrected chi connectivity index (χ0v) is 11.6. The molecule has 0 N–H and O–H groups in total. The van der Waals surface area contributed by atoms with Crippen LogP contribution in [0.4, 0.5) is 0 Å². The molecule has 0 heterocycles. The number of hydrogen-bond donors (Lipinski definition) is 0. The standard InChI is InChI=1S/C12H25N.C2H6/c1-4-11(10-13(2)3)12-8-6-5-7-9-12;1-2/h11-12H,4-10H2,1-3H3;1-2H3/t11-;/m1./s1. The zero-order valence-electron chi connectivity index (χ0n) is 11.6. The molecule has 1 fully saturated rings. The molecule has 1 saturated carbocycles. The van der Waals surface area contributed by atoms with Gasteiger partial charge in [-0.3, -0.25) is 0 Å². The third-order valence-corrected chi connectivity index (χ3v) is 3.44. The van der Waals surface area contributed by atoms with E-state index in [0.717, 1.165) is 11.8 Å². The lowest BCUT2D eigenvalue weighted by Crippen LogP contribution is -2.28. The maximum Gasteiger partial charge on any atom is 0.000610 e. The van der Waals surface area contributed by atoms with Crippen LogP contribution in [0.3, 0.4) is 0 Å². The van der Waals surface area contributed by atoms with Gasteiger partial charge in [0.25, 0.3) is 0 Å².